The molecule has 1 aromatic carbocycles. The molecule has 1 amide bonds. The lowest BCUT2D eigenvalue weighted by Gasteiger charge is -2.07. The summed E-state index contributed by atoms with van der Waals surface area (Å²) in [6, 6.07) is 7.51. The molecular weight excluding hydrogens is 336 g/mol. The van der Waals surface area contributed by atoms with Crippen LogP contribution in [-0.4, -0.2) is 54.4 Å². The van der Waals surface area contributed by atoms with Crippen LogP contribution in [0.5, 0.6) is 5.75 Å². The summed E-state index contributed by atoms with van der Waals surface area (Å²) in [5.74, 6) is -0.267. The third-order valence-corrected chi connectivity index (χ3v) is 3.81. The van der Waals surface area contributed by atoms with Gasteiger partial charge in [0.1, 0.15) is 5.75 Å². The number of hydrogen-bond donors (Lipinski definition) is 4. The molecule has 1 aromatic rings. The number of amides is 1. The number of aliphatic hydroxyl groups excluding tert-OH is 1. The van der Waals surface area contributed by atoms with Crippen molar-refractivity contribution >= 4 is 11.9 Å². The maximum atomic E-state index is 11.5. The van der Waals surface area contributed by atoms with Crippen LogP contribution in [0, 0.1) is 6.92 Å². The summed E-state index contributed by atoms with van der Waals surface area (Å²) in [6.45, 7) is 4.32. The molecule has 0 radical (unpaired) electrons. The van der Waals surface area contributed by atoms with E-state index in [0.717, 1.165) is 37.9 Å². The number of ether oxygens (including phenoxy) is 1. The molecular formula is C19H30N2O5. The molecule has 0 aliphatic carbocycles. The van der Waals surface area contributed by atoms with Crippen molar-refractivity contribution in [3.8, 4) is 5.75 Å². The Morgan fingerprint density at radius 1 is 1.23 bits per heavy atom. The standard InChI is InChI=1S/C15H21NO4.C4H9NO/c1-12-6-8-13(9-7-12)20-11-14(17)16-10-4-2-3-5-15(18)19;6-4-1-2-5-3-4/h6-9H,2-5,10-11H2,1H3,(H,16,17)(H,18,19);4-6H,1-3H2/t;4-/m.1/s1. The van der Waals surface area contributed by atoms with Crippen molar-refractivity contribution in [1.29, 1.82) is 0 Å². The number of hydrogen-bond acceptors (Lipinski definition) is 5. The molecule has 1 saturated heterocycles. The van der Waals surface area contributed by atoms with Crippen molar-refractivity contribution < 1.29 is 24.5 Å². The van der Waals surface area contributed by atoms with Crippen LogP contribution >= 0.6 is 0 Å². The third-order valence-electron chi connectivity index (χ3n) is 3.81. The quantitative estimate of drug-likeness (QED) is 0.493. The SMILES string of the molecule is Cc1ccc(OCC(=O)NCCCCCC(=O)O)cc1.O[C@@H]1CCNC1. The average molecular weight is 366 g/mol. The van der Waals surface area contributed by atoms with Crippen LogP contribution in [0.2, 0.25) is 0 Å². The summed E-state index contributed by atoms with van der Waals surface area (Å²) < 4.78 is 5.34. The fourth-order valence-corrected chi connectivity index (χ4v) is 2.28. The first-order valence-electron chi connectivity index (χ1n) is 9.04. The molecule has 0 saturated carbocycles. The Kier molecular flexibility index (Phi) is 11.1. The Labute approximate surface area is 154 Å². The zero-order valence-corrected chi connectivity index (χ0v) is 15.4. The van der Waals surface area contributed by atoms with Gasteiger partial charge in [-0.3, -0.25) is 9.59 Å². The molecule has 0 bridgehead atoms. The van der Waals surface area contributed by atoms with Gasteiger partial charge in [0.2, 0.25) is 0 Å². The first-order valence-corrected chi connectivity index (χ1v) is 9.04. The van der Waals surface area contributed by atoms with Gasteiger partial charge < -0.3 is 25.6 Å². The highest BCUT2D eigenvalue weighted by Crippen LogP contribution is 2.10. The first-order chi connectivity index (χ1) is 12.5. The van der Waals surface area contributed by atoms with Gasteiger partial charge >= 0.3 is 5.97 Å². The minimum absolute atomic E-state index is 0.00180. The van der Waals surface area contributed by atoms with Gasteiger partial charge in [-0.15, -0.1) is 0 Å². The minimum Gasteiger partial charge on any atom is -0.484 e. The topological polar surface area (TPSA) is 108 Å². The van der Waals surface area contributed by atoms with E-state index in [9.17, 15) is 9.59 Å². The Balaban J connectivity index is 0.000000472. The number of aliphatic carboxylic acids is 1. The van der Waals surface area contributed by atoms with Crippen LogP contribution in [0.1, 0.15) is 37.7 Å². The molecule has 1 fully saturated rings. The van der Waals surface area contributed by atoms with Crippen molar-refractivity contribution in [3.63, 3.8) is 0 Å². The van der Waals surface area contributed by atoms with E-state index in [1.165, 1.54) is 0 Å². The van der Waals surface area contributed by atoms with Gasteiger partial charge in [-0.05, 0) is 44.9 Å². The molecule has 26 heavy (non-hydrogen) atoms. The molecule has 7 heteroatoms. The van der Waals surface area contributed by atoms with E-state index in [4.69, 9.17) is 14.9 Å². The van der Waals surface area contributed by atoms with E-state index < -0.39 is 5.97 Å². The summed E-state index contributed by atoms with van der Waals surface area (Å²) in [4.78, 5) is 21.8. The van der Waals surface area contributed by atoms with Gasteiger partial charge in [-0.1, -0.05) is 24.1 Å². The fraction of sp³-hybridized carbons (Fsp3) is 0.579. The first kappa shape index (κ1) is 21.9. The van der Waals surface area contributed by atoms with Crippen molar-refractivity contribution in [3.05, 3.63) is 29.8 Å². The molecule has 1 atom stereocenters. The molecule has 0 spiro atoms. The zero-order chi connectivity index (χ0) is 19.2. The normalized spacial score (nSPS) is 15.7. The smallest absolute Gasteiger partial charge is 0.303 e. The van der Waals surface area contributed by atoms with E-state index in [2.05, 4.69) is 10.6 Å². The summed E-state index contributed by atoms with van der Waals surface area (Å²) >= 11 is 0. The minimum atomic E-state index is -0.777. The number of carbonyl (C=O) groups is 2. The molecule has 7 nitrogen and oxygen atoms in total. The van der Waals surface area contributed by atoms with Gasteiger partial charge in [0.15, 0.2) is 6.61 Å². The molecule has 1 aliphatic rings. The largest absolute Gasteiger partial charge is 0.484 e. The lowest BCUT2D eigenvalue weighted by molar-refractivity contribution is -0.137. The monoisotopic (exact) mass is 366 g/mol. The second-order valence-corrected chi connectivity index (χ2v) is 6.30. The van der Waals surface area contributed by atoms with E-state index in [0.29, 0.717) is 18.7 Å². The van der Waals surface area contributed by atoms with Gasteiger partial charge in [0, 0.05) is 19.5 Å². The Hall–Kier alpha value is -2.12. The van der Waals surface area contributed by atoms with Gasteiger partial charge in [0.25, 0.3) is 5.91 Å². The third kappa shape index (κ3) is 11.4. The Morgan fingerprint density at radius 3 is 2.50 bits per heavy atom. The predicted molar refractivity (Wildman–Crippen MR) is 99.3 cm³/mol. The highest BCUT2D eigenvalue weighted by atomic mass is 16.5. The van der Waals surface area contributed by atoms with Crippen molar-refractivity contribution in [2.75, 3.05) is 26.2 Å². The number of nitrogens with one attached hydrogen (secondary N) is 2. The van der Waals surface area contributed by atoms with E-state index in [1.54, 1.807) is 0 Å². The highest BCUT2D eigenvalue weighted by Gasteiger charge is 2.08. The van der Waals surface area contributed by atoms with Gasteiger partial charge in [-0.2, -0.15) is 0 Å². The number of β-amino-alcohol motifs (C(OH)–C–C–N with tert-alkyl or cyclic N) is 1. The molecule has 0 unspecified atom stereocenters. The summed E-state index contributed by atoms with van der Waals surface area (Å²) in [7, 11) is 0. The average Bonchev–Trinajstić information content (AvgIpc) is 3.09. The van der Waals surface area contributed by atoms with Crippen LogP contribution in [0.15, 0.2) is 24.3 Å². The number of aliphatic hydroxyl groups is 1. The van der Waals surface area contributed by atoms with Gasteiger partial charge in [0.05, 0.1) is 6.10 Å². The number of carboxylic acid groups (broad SMARTS) is 1. The molecule has 2 rings (SSSR count). The second-order valence-electron chi connectivity index (χ2n) is 6.30. The predicted octanol–water partition coefficient (Wildman–Crippen LogP) is 1.48. The molecule has 1 heterocycles. The molecule has 4 N–H and O–H groups in total. The summed E-state index contributed by atoms with van der Waals surface area (Å²) in [5, 5.41) is 22.9. The maximum Gasteiger partial charge on any atom is 0.303 e. The van der Waals surface area contributed by atoms with E-state index in [1.807, 2.05) is 31.2 Å². The van der Waals surface area contributed by atoms with Crippen LogP contribution in [0.4, 0.5) is 0 Å². The molecule has 146 valence electrons. The maximum absolute atomic E-state index is 11.5. The van der Waals surface area contributed by atoms with Crippen LogP contribution in [0.3, 0.4) is 0 Å². The van der Waals surface area contributed by atoms with Crippen LogP contribution in [-0.2, 0) is 9.59 Å². The summed E-state index contributed by atoms with van der Waals surface area (Å²) in [6.07, 6.45) is 3.27. The number of carbonyl (C=O) groups excluding carboxylic acids is 1. The second kappa shape index (κ2) is 13.1. The highest BCUT2D eigenvalue weighted by molar-refractivity contribution is 5.77. The fourth-order valence-electron chi connectivity index (χ4n) is 2.28. The Bertz CT molecular complexity index is 527. The van der Waals surface area contributed by atoms with E-state index >= 15 is 0 Å². The van der Waals surface area contributed by atoms with E-state index in [-0.39, 0.29) is 25.0 Å². The summed E-state index contributed by atoms with van der Waals surface area (Å²) in [5.41, 5.74) is 1.14. The Morgan fingerprint density at radius 2 is 1.96 bits per heavy atom. The number of benzene rings is 1. The molecule has 1 aliphatic heterocycles. The van der Waals surface area contributed by atoms with Crippen LogP contribution < -0.4 is 15.4 Å². The lowest BCUT2D eigenvalue weighted by Crippen LogP contribution is -2.29. The van der Waals surface area contributed by atoms with Gasteiger partial charge in [-0.25, -0.2) is 0 Å². The van der Waals surface area contributed by atoms with Crippen molar-refractivity contribution in [2.24, 2.45) is 0 Å². The zero-order valence-electron chi connectivity index (χ0n) is 15.4. The number of rotatable bonds is 9. The van der Waals surface area contributed by atoms with Crippen LogP contribution in [0.25, 0.3) is 0 Å². The number of unbranched alkanes of at least 4 members (excludes halogenated alkanes) is 2. The number of carboxylic acids is 1. The number of aryl methyl sites for hydroxylation is 1. The van der Waals surface area contributed by atoms with Crippen molar-refractivity contribution in [2.45, 2.75) is 45.1 Å². The van der Waals surface area contributed by atoms with Crippen molar-refractivity contribution in [1.82, 2.24) is 10.6 Å². The lowest BCUT2D eigenvalue weighted by atomic mass is 10.2. The molecule has 0 aromatic heterocycles.